The summed E-state index contributed by atoms with van der Waals surface area (Å²) < 4.78 is 10.0. The largest absolute Gasteiger partial charge is 0.494 e. The fourth-order valence-electron chi connectivity index (χ4n) is 4.07. The van der Waals surface area contributed by atoms with Crippen LogP contribution in [0.25, 0.3) is 22.0 Å². The Kier molecular flexibility index (Phi) is 5.03. The van der Waals surface area contributed by atoms with Gasteiger partial charge in [-0.1, -0.05) is 23.7 Å². The van der Waals surface area contributed by atoms with Gasteiger partial charge < -0.3 is 29.4 Å². The maximum Gasteiger partial charge on any atom is 0.254 e. The number of carbonyl (C=O) groups excluding carboxylic acids is 1. The lowest BCUT2D eigenvalue weighted by Gasteiger charge is -2.18. The number of fused-ring (bicyclic) bond motifs is 1. The summed E-state index contributed by atoms with van der Waals surface area (Å²) in [6.45, 7) is 1.43. The second-order valence-electron chi connectivity index (χ2n) is 7.72. The van der Waals surface area contributed by atoms with E-state index < -0.39 is 5.78 Å². The van der Waals surface area contributed by atoms with Gasteiger partial charge in [0.05, 0.1) is 35.4 Å². The molecule has 0 spiro atoms. The lowest BCUT2D eigenvalue weighted by atomic mass is 10.00. The van der Waals surface area contributed by atoms with Crippen molar-refractivity contribution >= 4 is 34.0 Å². The van der Waals surface area contributed by atoms with Gasteiger partial charge in [-0.3, -0.25) is 4.79 Å². The van der Waals surface area contributed by atoms with E-state index in [-0.39, 0.29) is 29.2 Å². The fourth-order valence-corrected chi connectivity index (χ4v) is 4.34. The van der Waals surface area contributed by atoms with Crippen molar-refractivity contribution in [1.29, 1.82) is 0 Å². The number of nitrogens with one attached hydrogen (secondary N) is 1. The summed E-state index contributed by atoms with van der Waals surface area (Å²) in [7, 11) is 1.42. The van der Waals surface area contributed by atoms with Crippen LogP contribution in [0.3, 0.4) is 0 Å². The van der Waals surface area contributed by atoms with Gasteiger partial charge in [0.15, 0.2) is 0 Å². The van der Waals surface area contributed by atoms with Crippen molar-refractivity contribution in [2.45, 2.75) is 12.5 Å². The SMILES string of the molecule is COc1cc(C(=O)c2c(O)[nH]c3cc(Cl)c(-c4ccc(N5CC[C@@H](O)C5)cc4)cc23)on1. The molecular formula is C23H20ClN3O5. The molecule has 1 fully saturated rings. The highest BCUT2D eigenvalue weighted by Crippen LogP contribution is 2.38. The van der Waals surface area contributed by atoms with Crippen LogP contribution in [0.4, 0.5) is 5.69 Å². The predicted octanol–water partition coefficient (Wildman–Crippen LogP) is 3.99. The smallest absolute Gasteiger partial charge is 0.254 e. The molecule has 5 rings (SSSR count). The van der Waals surface area contributed by atoms with Gasteiger partial charge in [-0.25, -0.2) is 0 Å². The van der Waals surface area contributed by atoms with Crippen molar-refractivity contribution in [3.8, 4) is 22.9 Å². The number of hydrogen-bond donors (Lipinski definition) is 3. The number of H-pyrrole nitrogens is 1. The average Bonchev–Trinajstić information content (AvgIpc) is 3.51. The van der Waals surface area contributed by atoms with Crippen molar-refractivity contribution in [3.63, 3.8) is 0 Å². The van der Waals surface area contributed by atoms with E-state index >= 15 is 0 Å². The molecule has 4 aromatic rings. The first-order valence-corrected chi connectivity index (χ1v) is 10.5. The fraction of sp³-hybridized carbons (Fsp3) is 0.217. The van der Waals surface area contributed by atoms with Crippen LogP contribution < -0.4 is 9.64 Å². The second kappa shape index (κ2) is 7.89. The number of aromatic amines is 1. The van der Waals surface area contributed by atoms with Crippen LogP contribution in [-0.4, -0.2) is 52.4 Å². The first-order valence-electron chi connectivity index (χ1n) is 10.1. The van der Waals surface area contributed by atoms with Crippen molar-refractivity contribution in [1.82, 2.24) is 10.1 Å². The molecule has 9 heteroatoms. The number of carbonyl (C=O) groups is 1. The molecule has 1 saturated heterocycles. The van der Waals surface area contributed by atoms with Crippen LogP contribution in [0, 0.1) is 0 Å². The minimum atomic E-state index is -0.527. The maximum atomic E-state index is 13.0. The Labute approximate surface area is 188 Å². The van der Waals surface area contributed by atoms with Crippen molar-refractivity contribution in [2.24, 2.45) is 0 Å². The van der Waals surface area contributed by atoms with Crippen molar-refractivity contribution < 1.29 is 24.3 Å². The average molecular weight is 454 g/mol. The number of ketones is 1. The number of aliphatic hydroxyl groups excluding tert-OH is 1. The summed E-state index contributed by atoms with van der Waals surface area (Å²) in [5, 5.41) is 24.8. The highest BCUT2D eigenvalue weighted by atomic mass is 35.5. The highest BCUT2D eigenvalue weighted by Gasteiger charge is 2.25. The third-order valence-corrected chi connectivity index (χ3v) is 6.03. The molecule has 0 amide bonds. The summed E-state index contributed by atoms with van der Waals surface area (Å²) in [6.07, 6.45) is 0.461. The van der Waals surface area contributed by atoms with Crippen LogP contribution in [0.2, 0.25) is 5.02 Å². The number of aromatic nitrogens is 2. The number of rotatable bonds is 5. The molecule has 1 aliphatic heterocycles. The highest BCUT2D eigenvalue weighted by molar-refractivity contribution is 6.34. The minimum absolute atomic E-state index is 0.0493. The zero-order valence-electron chi connectivity index (χ0n) is 17.1. The molecule has 0 unspecified atom stereocenters. The van der Waals surface area contributed by atoms with E-state index in [0.717, 1.165) is 29.8 Å². The Morgan fingerprint density at radius 2 is 2.06 bits per heavy atom. The van der Waals surface area contributed by atoms with Gasteiger partial charge in [0.1, 0.15) is 0 Å². The third kappa shape index (κ3) is 3.47. The third-order valence-electron chi connectivity index (χ3n) is 5.72. The second-order valence-corrected chi connectivity index (χ2v) is 8.13. The molecule has 0 radical (unpaired) electrons. The minimum Gasteiger partial charge on any atom is -0.494 e. The number of ether oxygens (including phenoxy) is 1. The number of halogens is 1. The zero-order chi connectivity index (χ0) is 22.4. The van der Waals surface area contributed by atoms with Crippen LogP contribution in [0.15, 0.2) is 47.0 Å². The number of β-amino-alcohol motifs (C(OH)–C–C–N with tert-alkyl or cyclic N) is 1. The molecule has 0 aliphatic carbocycles. The van der Waals surface area contributed by atoms with Gasteiger partial charge in [0.25, 0.3) is 5.88 Å². The van der Waals surface area contributed by atoms with E-state index in [0.29, 0.717) is 22.5 Å². The number of benzene rings is 2. The topological polar surface area (TPSA) is 112 Å². The summed E-state index contributed by atoms with van der Waals surface area (Å²) in [5.41, 5.74) is 3.20. The molecule has 3 N–H and O–H groups in total. The van der Waals surface area contributed by atoms with Crippen molar-refractivity contribution in [2.75, 3.05) is 25.1 Å². The lowest BCUT2D eigenvalue weighted by molar-refractivity contribution is 0.0999. The van der Waals surface area contributed by atoms with Gasteiger partial charge in [0, 0.05) is 29.7 Å². The van der Waals surface area contributed by atoms with E-state index in [1.54, 1.807) is 12.1 Å². The number of nitrogens with zero attached hydrogens (tertiary/aromatic N) is 2. The van der Waals surface area contributed by atoms with E-state index in [1.807, 2.05) is 24.3 Å². The Morgan fingerprint density at radius 1 is 1.28 bits per heavy atom. The van der Waals surface area contributed by atoms with Gasteiger partial charge in [-0.05, 0) is 41.4 Å². The number of anilines is 1. The monoisotopic (exact) mass is 453 g/mol. The van der Waals surface area contributed by atoms with Gasteiger partial charge in [0.2, 0.25) is 17.4 Å². The Hall–Kier alpha value is -3.49. The van der Waals surface area contributed by atoms with Crippen LogP contribution in [-0.2, 0) is 0 Å². The van der Waals surface area contributed by atoms with E-state index in [9.17, 15) is 15.0 Å². The summed E-state index contributed by atoms with van der Waals surface area (Å²) in [5.74, 6) is -0.689. The Bertz CT molecular complexity index is 1310. The number of aliphatic hydroxyl groups is 1. The molecular weight excluding hydrogens is 434 g/mol. The zero-order valence-corrected chi connectivity index (χ0v) is 17.9. The molecule has 8 nitrogen and oxygen atoms in total. The quantitative estimate of drug-likeness (QED) is 0.391. The van der Waals surface area contributed by atoms with Gasteiger partial charge >= 0.3 is 0 Å². The number of methoxy groups -OCH3 is 1. The molecule has 1 atom stereocenters. The van der Waals surface area contributed by atoms with Gasteiger partial charge in [-0.2, -0.15) is 0 Å². The van der Waals surface area contributed by atoms with E-state index in [4.69, 9.17) is 20.9 Å². The Balaban J connectivity index is 1.54. The molecule has 2 aromatic heterocycles. The van der Waals surface area contributed by atoms with Crippen molar-refractivity contribution in [3.05, 3.63) is 58.8 Å². The van der Waals surface area contributed by atoms with Crippen LogP contribution >= 0.6 is 11.6 Å². The number of hydrogen-bond acceptors (Lipinski definition) is 7. The maximum absolute atomic E-state index is 13.0. The summed E-state index contributed by atoms with van der Waals surface area (Å²) >= 11 is 6.53. The first-order chi connectivity index (χ1) is 15.4. The molecule has 0 saturated carbocycles. The lowest BCUT2D eigenvalue weighted by Crippen LogP contribution is -2.20. The molecule has 3 heterocycles. The van der Waals surface area contributed by atoms with E-state index in [1.165, 1.54) is 13.2 Å². The standard InChI is InChI=1S/C23H20ClN3O5/c1-31-20-10-19(32-26-20)22(29)21-16-8-15(17(24)9-18(16)25-23(21)30)12-2-4-13(5-3-12)27-7-6-14(28)11-27/h2-5,8-10,14,25,28,30H,6-7,11H2,1H3/t14-/m1/s1. The molecule has 0 bridgehead atoms. The predicted molar refractivity (Wildman–Crippen MR) is 120 cm³/mol. The van der Waals surface area contributed by atoms with Crippen LogP contribution in [0.5, 0.6) is 11.8 Å². The first kappa shape index (κ1) is 20.4. The van der Waals surface area contributed by atoms with Gasteiger partial charge in [-0.15, -0.1) is 0 Å². The summed E-state index contributed by atoms with van der Waals surface area (Å²) in [6, 6.07) is 12.7. The molecule has 164 valence electrons. The molecule has 2 aromatic carbocycles. The molecule has 1 aliphatic rings. The van der Waals surface area contributed by atoms with E-state index in [2.05, 4.69) is 15.0 Å². The Morgan fingerprint density at radius 3 is 2.72 bits per heavy atom. The molecule has 32 heavy (non-hydrogen) atoms. The normalized spacial score (nSPS) is 16.1. The number of aromatic hydroxyl groups is 1. The summed E-state index contributed by atoms with van der Waals surface area (Å²) in [4.78, 5) is 17.9. The van der Waals surface area contributed by atoms with Crippen LogP contribution in [0.1, 0.15) is 22.5 Å².